The molecule has 0 saturated carbocycles. The van der Waals surface area contributed by atoms with Crippen LogP contribution < -0.4 is 10.6 Å². The number of aryl methyl sites for hydroxylation is 2. The molecular weight excluding hydrogens is 206 g/mol. The van der Waals surface area contributed by atoms with Crippen molar-refractivity contribution in [2.75, 3.05) is 11.4 Å². The van der Waals surface area contributed by atoms with Gasteiger partial charge in [-0.25, -0.2) is 4.98 Å². The summed E-state index contributed by atoms with van der Waals surface area (Å²) in [5.41, 5.74) is 5.35. The first-order chi connectivity index (χ1) is 7.58. The van der Waals surface area contributed by atoms with Crippen LogP contribution in [-0.4, -0.2) is 33.4 Å². The van der Waals surface area contributed by atoms with Crippen molar-refractivity contribution in [1.29, 1.82) is 0 Å². The Balaban J connectivity index is 2.32. The minimum absolute atomic E-state index is 0.277. The Labute approximate surface area is 93.9 Å². The van der Waals surface area contributed by atoms with Gasteiger partial charge in [0.15, 0.2) is 0 Å². The topological polar surface area (TPSA) is 85.0 Å². The molecule has 1 aliphatic rings. The van der Waals surface area contributed by atoms with Crippen molar-refractivity contribution in [1.82, 2.24) is 15.0 Å². The number of carbonyl (C=O) groups excluding carboxylic acids is 1. The molecule has 1 aromatic rings. The van der Waals surface area contributed by atoms with Crippen LogP contribution in [-0.2, 0) is 4.79 Å². The number of aromatic nitrogens is 3. The highest BCUT2D eigenvalue weighted by Crippen LogP contribution is 2.21. The van der Waals surface area contributed by atoms with Crippen molar-refractivity contribution in [2.24, 2.45) is 5.73 Å². The first kappa shape index (κ1) is 10.8. The van der Waals surface area contributed by atoms with Crippen molar-refractivity contribution >= 4 is 11.9 Å². The molecule has 0 aliphatic carbocycles. The Morgan fingerprint density at radius 1 is 1.31 bits per heavy atom. The van der Waals surface area contributed by atoms with Gasteiger partial charge in [0.05, 0.1) is 0 Å². The third-order valence-corrected chi connectivity index (χ3v) is 2.69. The van der Waals surface area contributed by atoms with E-state index in [1.807, 2.05) is 18.7 Å². The summed E-state index contributed by atoms with van der Waals surface area (Å²) in [4.78, 5) is 25.7. The molecule has 1 aromatic heterocycles. The van der Waals surface area contributed by atoms with Crippen LogP contribution in [0.15, 0.2) is 0 Å². The summed E-state index contributed by atoms with van der Waals surface area (Å²) in [6.45, 7) is 4.40. The second kappa shape index (κ2) is 4.03. The first-order valence-corrected chi connectivity index (χ1v) is 5.33. The van der Waals surface area contributed by atoms with Crippen LogP contribution in [0.5, 0.6) is 0 Å². The van der Waals surface area contributed by atoms with E-state index in [9.17, 15) is 4.79 Å². The molecular formula is C10H15N5O. The lowest BCUT2D eigenvalue weighted by Gasteiger charge is -2.22. The maximum Gasteiger partial charge on any atom is 0.240 e. The van der Waals surface area contributed by atoms with Gasteiger partial charge in [-0.3, -0.25) is 4.79 Å². The molecule has 1 fully saturated rings. The molecule has 0 bridgehead atoms. The Bertz CT molecular complexity index is 399. The van der Waals surface area contributed by atoms with E-state index in [0.29, 0.717) is 17.6 Å². The van der Waals surface area contributed by atoms with Gasteiger partial charge in [0, 0.05) is 6.54 Å². The quantitative estimate of drug-likeness (QED) is 0.756. The molecule has 1 saturated heterocycles. The van der Waals surface area contributed by atoms with Crippen LogP contribution in [0.25, 0.3) is 0 Å². The van der Waals surface area contributed by atoms with Gasteiger partial charge in [-0.2, -0.15) is 9.97 Å². The van der Waals surface area contributed by atoms with Crippen LogP contribution in [0.4, 0.5) is 5.95 Å². The van der Waals surface area contributed by atoms with Crippen LogP contribution in [0.3, 0.4) is 0 Å². The fourth-order valence-corrected chi connectivity index (χ4v) is 2.03. The van der Waals surface area contributed by atoms with Crippen molar-refractivity contribution < 1.29 is 4.79 Å². The average molecular weight is 221 g/mol. The maximum absolute atomic E-state index is 11.3. The zero-order chi connectivity index (χ0) is 11.7. The highest BCUT2D eigenvalue weighted by atomic mass is 16.1. The predicted octanol–water partition coefficient (Wildman–Crippen LogP) is -0.0575. The van der Waals surface area contributed by atoms with Gasteiger partial charge in [-0.1, -0.05) is 0 Å². The highest BCUT2D eigenvalue weighted by molar-refractivity contribution is 5.83. The number of rotatable bonds is 2. The van der Waals surface area contributed by atoms with E-state index in [1.165, 1.54) is 0 Å². The minimum Gasteiger partial charge on any atom is -0.368 e. The largest absolute Gasteiger partial charge is 0.368 e. The van der Waals surface area contributed by atoms with E-state index in [4.69, 9.17) is 5.73 Å². The number of hydrogen-bond acceptors (Lipinski definition) is 5. The van der Waals surface area contributed by atoms with E-state index in [-0.39, 0.29) is 11.9 Å². The molecule has 2 heterocycles. The molecule has 1 amide bonds. The molecule has 2 rings (SSSR count). The number of primary amides is 1. The van der Waals surface area contributed by atoms with E-state index in [0.717, 1.165) is 19.4 Å². The van der Waals surface area contributed by atoms with Crippen molar-refractivity contribution in [3.05, 3.63) is 11.6 Å². The molecule has 86 valence electrons. The van der Waals surface area contributed by atoms with Gasteiger partial charge < -0.3 is 10.6 Å². The molecule has 2 N–H and O–H groups in total. The first-order valence-electron chi connectivity index (χ1n) is 5.33. The monoisotopic (exact) mass is 221 g/mol. The number of nitrogens with zero attached hydrogens (tertiary/aromatic N) is 4. The van der Waals surface area contributed by atoms with Crippen LogP contribution in [0.1, 0.15) is 24.5 Å². The summed E-state index contributed by atoms with van der Waals surface area (Å²) in [7, 11) is 0. The number of carbonyl (C=O) groups is 1. The standard InChI is InChI=1S/C10H15N5O/c1-6-12-7(2)14-10(13-6)15-5-3-4-8(15)9(11)16/h8H,3-5H2,1-2H3,(H2,11,16). The molecule has 1 aliphatic heterocycles. The number of hydrogen-bond donors (Lipinski definition) is 1. The van der Waals surface area contributed by atoms with E-state index >= 15 is 0 Å². The predicted molar refractivity (Wildman–Crippen MR) is 58.9 cm³/mol. The highest BCUT2D eigenvalue weighted by Gasteiger charge is 2.31. The molecule has 0 spiro atoms. The van der Waals surface area contributed by atoms with Gasteiger partial charge in [-0.15, -0.1) is 0 Å². The fraction of sp³-hybridized carbons (Fsp3) is 0.600. The zero-order valence-corrected chi connectivity index (χ0v) is 9.47. The summed E-state index contributed by atoms with van der Waals surface area (Å²) in [5, 5.41) is 0. The maximum atomic E-state index is 11.3. The van der Waals surface area contributed by atoms with Crippen molar-refractivity contribution in [3.8, 4) is 0 Å². The molecule has 16 heavy (non-hydrogen) atoms. The normalized spacial score (nSPS) is 20.1. The Hall–Kier alpha value is -1.72. The van der Waals surface area contributed by atoms with Crippen LogP contribution >= 0.6 is 0 Å². The molecule has 0 radical (unpaired) electrons. The lowest BCUT2D eigenvalue weighted by Crippen LogP contribution is -2.41. The van der Waals surface area contributed by atoms with E-state index in [2.05, 4.69) is 15.0 Å². The third kappa shape index (κ3) is 1.95. The van der Waals surface area contributed by atoms with Gasteiger partial charge in [0.1, 0.15) is 17.7 Å². The second-order valence-electron chi connectivity index (χ2n) is 3.98. The van der Waals surface area contributed by atoms with Crippen molar-refractivity contribution in [3.63, 3.8) is 0 Å². The lowest BCUT2D eigenvalue weighted by molar-refractivity contribution is -0.119. The van der Waals surface area contributed by atoms with E-state index in [1.54, 1.807) is 0 Å². The summed E-state index contributed by atoms with van der Waals surface area (Å²) in [6.07, 6.45) is 1.72. The molecule has 1 atom stereocenters. The number of anilines is 1. The van der Waals surface area contributed by atoms with Gasteiger partial charge >= 0.3 is 0 Å². The Kier molecular flexibility index (Phi) is 2.72. The summed E-state index contributed by atoms with van der Waals surface area (Å²) in [5.74, 6) is 1.58. The summed E-state index contributed by atoms with van der Waals surface area (Å²) < 4.78 is 0. The van der Waals surface area contributed by atoms with Gasteiger partial charge in [-0.05, 0) is 26.7 Å². The molecule has 6 heteroatoms. The van der Waals surface area contributed by atoms with Gasteiger partial charge in [0.2, 0.25) is 11.9 Å². The molecule has 1 unspecified atom stereocenters. The smallest absolute Gasteiger partial charge is 0.240 e. The van der Waals surface area contributed by atoms with Crippen LogP contribution in [0, 0.1) is 13.8 Å². The number of nitrogens with two attached hydrogens (primary N) is 1. The summed E-state index contributed by atoms with van der Waals surface area (Å²) in [6, 6.07) is -0.277. The Morgan fingerprint density at radius 3 is 2.50 bits per heavy atom. The zero-order valence-electron chi connectivity index (χ0n) is 9.47. The summed E-state index contributed by atoms with van der Waals surface area (Å²) >= 11 is 0. The van der Waals surface area contributed by atoms with Crippen molar-refractivity contribution in [2.45, 2.75) is 32.7 Å². The third-order valence-electron chi connectivity index (χ3n) is 2.69. The molecule has 0 aromatic carbocycles. The average Bonchev–Trinajstić information content (AvgIpc) is 2.63. The fourth-order valence-electron chi connectivity index (χ4n) is 2.03. The number of amides is 1. The minimum atomic E-state index is -0.312. The second-order valence-corrected chi connectivity index (χ2v) is 3.98. The van der Waals surface area contributed by atoms with Crippen LogP contribution in [0.2, 0.25) is 0 Å². The Morgan fingerprint density at radius 2 is 1.94 bits per heavy atom. The van der Waals surface area contributed by atoms with E-state index < -0.39 is 0 Å². The molecule has 6 nitrogen and oxygen atoms in total. The van der Waals surface area contributed by atoms with Gasteiger partial charge in [0.25, 0.3) is 0 Å². The SMILES string of the molecule is Cc1nc(C)nc(N2CCCC2C(N)=O)n1. The lowest BCUT2D eigenvalue weighted by atomic mass is 10.2.